The SMILES string of the molecule is Cc1ccc(C2=NN3[C@@H](C2)c2cc(Br)ccc2O[C@H]3c2ccc(Cl)cc2)cc1. The fourth-order valence-corrected chi connectivity index (χ4v) is 4.33. The second-order valence-corrected chi connectivity index (χ2v) is 8.57. The zero-order valence-electron chi connectivity index (χ0n) is 15.3. The first kappa shape index (κ1) is 17.8. The Kier molecular flexibility index (Phi) is 4.41. The number of hydrogen-bond acceptors (Lipinski definition) is 3. The Hall–Kier alpha value is -2.30. The quantitative estimate of drug-likeness (QED) is 0.434. The molecule has 5 rings (SSSR count). The van der Waals surface area contributed by atoms with E-state index in [-0.39, 0.29) is 12.3 Å². The Morgan fingerprint density at radius 1 is 1.04 bits per heavy atom. The van der Waals surface area contributed by atoms with Crippen LogP contribution in [0.5, 0.6) is 5.75 Å². The number of nitrogens with zero attached hydrogens (tertiary/aromatic N) is 2. The van der Waals surface area contributed by atoms with Crippen LogP contribution in [0.15, 0.2) is 76.3 Å². The first-order valence-electron chi connectivity index (χ1n) is 9.23. The average Bonchev–Trinajstić information content (AvgIpc) is 3.14. The molecule has 3 aromatic rings. The lowest BCUT2D eigenvalue weighted by molar-refractivity contribution is -0.0190. The van der Waals surface area contributed by atoms with Crippen LogP contribution in [0.3, 0.4) is 0 Å². The maximum atomic E-state index is 6.39. The van der Waals surface area contributed by atoms with E-state index >= 15 is 0 Å². The second-order valence-electron chi connectivity index (χ2n) is 7.22. The number of aryl methyl sites for hydroxylation is 1. The van der Waals surface area contributed by atoms with Crippen LogP contribution >= 0.6 is 27.5 Å². The summed E-state index contributed by atoms with van der Waals surface area (Å²) in [6.07, 6.45) is 0.568. The Balaban J connectivity index is 1.59. The minimum Gasteiger partial charge on any atom is -0.464 e. The van der Waals surface area contributed by atoms with Crippen molar-refractivity contribution in [1.29, 1.82) is 0 Å². The third kappa shape index (κ3) is 3.11. The van der Waals surface area contributed by atoms with Gasteiger partial charge in [-0.2, -0.15) is 5.10 Å². The van der Waals surface area contributed by atoms with E-state index in [9.17, 15) is 0 Å². The minimum absolute atomic E-state index is 0.137. The number of fused-ring (bicyclic) bond motifs is 3. The molecule has 0 aliphatic carbocycles. The molecule has 2 aliphatic rings. The Morgan fingerprint density at radius 2 is 1.79 bits per heavy atom. The van der Waals surface area contributed by atoms with Crippen LogP contribution < -0.4 is 4.74 Å². The first-order valence-corrected chi connectivity index (χ1v) is 10.4. The van der Waals surface area contributed by atoms with E-state index < -0.39 is 0 Å². The Bertz CT molecular complexity index is 1060. The van der Waals surface area contributed by atoms with E-state index in [1.807, 2.05) is 36.4 Å². The van der Waals surface area contributed by atoms with Crippen LogP contribution in [-0.4, -0.2) is 10.7 Å². The number of halogens is 2. The zero-order valence-corrected chi connectivity index (χ0v) is 17.6. The Morgan fingerprint density at radius 3 is 2.54 bits per heavy atom. The van der Waals surface area contributed by atoms with Crippen molar-refractivity contribution in [1.82, 2.24) is 5.01 Å². The molecule has 0 N–H and O–H groups in total. The maximum Gasteiger partial charge on any atom is 0.213 e. The molecule has 0 aromatic heterocycles. The summed E-state index contributed by atoms with van der Waals surface area (Å²) in [6, 6.07) is 22.7. The molecule has 0 radical (unpaired) electrons. The van der Waals surface area contributed by atoms with Gasteiger partial charge in [-0.15, -0.1) is 0 Å². The van der Waals surface area contributed by atoms with Gasteiger partial charge in [0.05, 0.1) is 11.8 Å². The summed E-state index contributed by atoms with van der Waals surface area (Å²) in [4.78, 5) is 0. The molecule has 0 bridgehead atoms. The summed E-state index contributed by atoms with van der Waals surface area (Å²) in [6.45, 7) is 2.10. The summed E-state index contributed by atoms with van der Waals surface area (Å²) in [5.74, 6) is 0.907. The summed E-state index contributed by atoms with van der Waals surface area (Å²) in [5.41, 5.74) is 5.69. The molecule has 0 spiro atoms. The van der Waals surface area contributed by atoms with Gasteiger partial charge in [0.2, 0.25) is 6.23 Å². The molecular weight excluding hydrogens is 436 g/mol. The molecular formula is C23H18BrClN2O. The van der Waals surface area contributed by atoms with Gasteiger partial charge >= 0.3 is 0 Å². The highest BCUT2D eigenvalue weighted by atomic mass is 79.9. The molecule has 3 nitrogen and oxygen atoms in total. The second kappa shape index (κ2) is 6.94. The largest absolute Gasteiger partial charge is 0.464 e. The van der Waals surface area contributed by atoms with Gasteiger partial charge in [0.25, 0.3) is 0 Å². The van der Waals surface area contributed by atoms with E-state index in [0.717, 1.165) is 39.0 Å². The number of rotatable bonds is 2. The van der Waals surface area contributed by atoms with Crippen LogP contribution in [0, 0.1) is 6.92 Å². The summed E-state index contributed by atoms with van der Waals surface area (Å²) < 4.78 is 7.43. The molecule has 0 saturated heterocycles. The molecule has 2 atom stereocenters. The molecule has 0 fully saturated rings. The van der Waals surface area contributed by atoms with Gasteiger partial charge in [-0.05, 0) is 42.8 Å². The van der Waals surface area contributed by atoms with Crippen molar-refractivity contribution in [2.45, 2.75) is 25.6 Å². The summed E-state index contributed by atoms with van der Waals surface area (Å²) in [5, 5.41) is 7.80. The van der Waals surface area contributed by atoms with Crippen molar-refractivity contribution in [3.05, 3.63) is 98.5 Å². The van der Waals surface area contributed by atoms with Crippen LogP contribution in [-0.2, 0) is 0 Å². The lowest BCUT2D eigenvalue weighted by Gasteiger charge is -2.38. The molecule has 5 heteroatoms. The normalized spacial score (nSPS) is 20.2. The van der Waals surface area contributed by atoms with Gasteiger partial charge in [0.15, 0.2) is 0 Å². The zero-order chi connectivity index (χ0) is 19.3. The Labute approximate surface area is 177 Å². The molecule has 3 aromatic carbocycles. The van der Waals surface area contributed by atoms with E-state index in [1.54, 1.807) is 0 Å². The van der Waals surface area contributed by atoms with Crippen molar-refractivity contribution >= 4 is 33.2 Å². The smallest absolute Gasteiger partial charge is 0.213 e. The van der Waals surface area contributed by atoms with Gasteiger partial charge in [-0.25, -0.2) is 5.01 Å². The minimum atomic E-state index is -0.279. The van der Waals surface area contributed by atoms with Gasteiger partial charge in [0.1, 0.15) is 5.75 Å². The number of hydrazone groups is 1. The van der Waals surface area contributed by atoms with Gasteiger partial charge in [0, 0.05) is 27.0 Å². The molecule has 0 saturated carbocycles. The van der Waals surface area contributed by atoms with Crippen molar-refractivity contribution in [2.75, 3.05) is 0 Å². The van der Waals surface area contributed by atoms with Gasteiger partial charge < -0.3 is 4.74 Å². The third-order valence-corrected chi connectivity index (χ3v) is 6.04. The van der Waals surface area contributed by atoms with Crippen molar-refractivity contribution in [2.24, 2.45) is 5.10 Å². The van der Waals surface area contributed by atoms with Gasteiger partial charge in [-0.1, -0.05) is 69.5 Å². The van der Waals surface area contributed by atoms with E-state index in [0.29, 0.717) is 5.02 Å². The van der Waals surface area contributed by atoms with E-state index in [1.165, 1.54) is 5.56 Å². The monoisotopic (exact) mass is 452 g/mol. The molecule has 2 aliphatic heterocycles. The summed E-state index contributed by atoms with van der Waals surface area (Å²) in [7, 11) is 0. The predicted molar refractivity (Wildman–Crippen MR) is 116 cm³/mol. The molecule has 28 heavy (non-hydrogen) atoms. The lowest BCUT2D eigenvalue weighted by Crippen LogP contribution is -2.33. The van der Waals surface area contributed by atoms with Crippen LogP contribution in [0.4, 0.5) is 0 Å². The fourth-order valence-electron chi connectivity index (χ4n) is 3.83. The van der Waals surface area contributed by atoms with Gasteiger partial charge in [-0.3, -0.25) is 0 Å². The standard InChI is InChI=1S/C23H18BrClN2O/c1-14-2-4-15(5-3-14)20-13-21-19-12-17(24)8-11-22(19)28-23(27(21)26-20)16-6-9-18(25)10-7-16/h2-12,21,23H,13H2,1H3/t21-,23-/m0/s1. The van der Waals surface area contributed by atoms with Crippen LogP contribution in [0.1, 0.15) is 40.9 Å². The number of benzene rings is 3. The van der Waals surface area contributed by atoms with Crippen molar-refractivity contribution < 1.29 is 4.74 Å². The molecule has 140 valence electrons. The highest BCUT2D eigenvalue weighted by Gasteiger charge is 2.41. The average molecular weight is 454 g/mol. The molecule has 2 heterocycles. The highest BCUT2D eigenvalue weighted by molar-refractivity contribution is 9.10. The maximum absolute atomic E-state index is 6.39. The number of ether oxygens (including phenoxy) is 1. The highest BCUT2D eigenvalue weighted by Crippen LogP contribution is 2.48. The van der Waals surface area contributed by atoms with Crippen molar-refractivity contribution in [3.8, 4) is 5.75 Å². The summed E-state index contributed by atoms with van der Waals surface area (Å²) >= 11 is 9.69. The molecule has 0 amide bonds. The number of hydrogen-bond donors (Lipinski definition) is 0. The molecule has 0 unspecified atom stereocenters. The topological polar surface area (TPSA) is 24.8 Å². The fraction of sp³-hybridized carbons (Fsp3) is 0.174. The third-order valence-electron chi connectivity index (χ3n) is 5.29. The van der Waals surface area contributed by atoms with E-state index in [2.05, 4.69) is 58.2 Å². The van der Waals surface area contributed by atoms with E-state index in [4.69, 9.17) is 21.4 Å². The lowest BCUT2D eigenvalue weighted by atomic mass is 9.95. The first-order chi connectivity index (χ1) is 13.6. The van der Waals surface area contributed by atoms with Crippen molar-refractivity contribution in [3.63, 3.8) is 0 Å². The van der Waals surface area contributed by atoms with Crippen LogP contribution in [0.2, 0.25) is 5.02 Å². The predicted octanol–water partition coefficient (Wildman–Crippen LogP) is 6.65. The van der Waals surface area contributed by atoms with Crippen LogP contribution in [0.25, 0.3) is 0 Å².